The van der Waals surface area contributed by atoms with Crippen LogP contribution in [0.25, 0.3) is 32.8 Å². The highest BCUT2D eigenvalue weighted by atomic mass is 32.2. The van der Waals surface area contributed by atoms with Gasteiger partial charge in [0.1, 0.15) is 11.6 Å². The molecule has 0 spiro atoms. The number of hydrogen-bond acceptors (Lipinski definition) is 8. The van der Waals surface area contributed by atoms with E-state index in [-0.39, 0.29) is 40.8 Å². The molecule has 5 aromatic rings. The van der Waals surface area contributed by atoms with Crippen molar-refractivity contribution >= 4 is 43.9 Å². The van der Waals surface area contributed by atoms with Gasteiger partial charge in [0.05, 0.1) is 35.3 Å². The summed E-state index contributed by atoms with van der Waals surface area (Å²) in [7, 11) is -1.57. The van der Waals surface area contributed by atoms with Gasteiger partial charge >= 0.3 is 18.2 Å². The van der Waals surface area contributed by atoms with E-state index in [2.05, 4.69) is 5.32 Å². The zero-order valence-corrected chi connectivity index (χ0v) is 30.8. The van der Waals surface area contributed by atoms with Gasteiger partial charge in [0.2, 0.25) is 0 Å². The molecule has 10 nitrogen and oxygen atoms in total. The molecule has 0 radical (unpaired) electrons. The minimum Gasteiger partial charge on any atom is -0.467 e. The average Bonchev–Trinajstić information content (AvgIpc) is 3.07. The highest BCUT2D eigenvalue weighted by molar-refractivity contribution is 7.86. The summed E-state index contributed by atoms with van der Waals surface area (Å²) >= 11 is 0. The van der Waals surface area contributed by atoms with Crippen LogP contribution in [0.2, 0.25) is 0 Å². The fraction of sp³-hybridized carbons (Fsp3) is 0.308. The first kappa shape index (κ1) is 39.0. The van der Waals surface area contributed by atoms with E-state index < -0.39 is 56.7 Å². The van der Waals surface area contributed by atoms with Gasteiger partial charge < -0.3 is 19.4 Å². The fourth-order valence-electron chi connectivity index (χ4n) is 6.11. The van der Waals surface area contributed by atoms with Gasteiger partial charge in [-0.3, -0.25) is 8.98 Å². The highest BCUT2D eigenvalue weighted by Gasteiger charge is 2.39. The number of hydrogen-bond donors (Lipinski definition) is 1. The molecule has 14 heteroatoms. The van der Waals surface area contributed by atoms with Crippen LogP contribution >= 0.6 is 0 Å². The summed E-state index contributed by atoms with van der Waals surface area (Å²) in [4.78, 5) is 39.1. The molecule has 1 aromatic heterocycles. The summed E-state index contributed by atoms with van der Waals surface area (Å²) in [5.74, 6) is -0.763. The number of rotatable bonds is 10. The Morgan fingerprint density at radius 2 is 1.57 bits per heavy atom. The van der Waals surface area contributed by atoms with Gasteiger partial charge in [-0.05, 0) is 85.8 Å². The van der Waals surface area contributed by atoms with Gasteiger partial charge in [-0.1, -0.05) is 60.2 Å². The van der Waals surface area contributed by atoms with Crippen LogP contribution in [0.3, 0.4) is 0 Å². The number of esters is 1. The van der Waals surface area contributed by atoms with E-state index in [1.165, 1.54) is 49.5 Å². The van der Waals surface area contributed by atoms with E-state index in [0.717, 1.165) is 17.2 Å². The van der Waals surface area contributed by atoms with Gasteiger partial charge in [-0.2, -0.15) is 21.6 Å². The molecule has 0 fully saturated rings. The maximum Gasteiger partial charge on any atom is 0.417 e. The maximum atomic E-state index is 15.2. The second kappa shape index (κ2) is 15.0. The number of aromatic nitrogens is 1. The number of pyridine rings is 1. The lowest BCUT2D eigenvalue weighted by Gasteiger charge is -2.23. The minimum absolute atomic E-state index is 0.00632. The molecule has 0 aliphatic carbocycles. The summed E-state index contributed by atoms with van der Waals surface area (Å²) in [6, 6.07) is 18.5. The van der Waals surface area contributed by atoms with E-state index in [0.29, 0.717) is 21.9 Å². The van der Waals surface area contributed by atoms with Crippen molar-refractivity contribution in [3.05, 3.63) is 111 Å². The van der Waals surface area contributed by atoms with Crippen molar-refractivity contribution < 1.29 is 44.8 Å². The van der Waals surface area contributed by atoms with E-state index in [9.17, 15) is 22.8 Å². The van der Waals surface area contributed by atoms with Crippen LogP contribution < -0.4 is 10.9 Å². The van der Waals surface area contributed by atoms with Crippen LogP contribution in [0.4, 0.5) is 18.0 Å². The lowest BCUT2D eigenvalue weighted by molar-refractivity contribution is -0.143. The van der Waals surface area contributed by atoms with Crippen LogP contribution in [0, 0.1) is 6.92 Å². The molecule has 1 N–H and O–H groups in total. The fourth-order valence-corrected chi connectivity index (χ4v) is 7.02. The third-order valence-electron chi connectivity index (χ3n) is 8.56. The smallest absolute Gasteiger partial charge is 0.417 e. The first-order valence-electron chi connectivity index (χ1n) is 16.6. The molecule has 0 aliphatic heterocycles. The molecule has 0 saturated heterocycles. The van der Waals surface area contributed by atoms with Gasteiger partial charge in [-0.15, -0.1) is 0 Å². The molecular formula is C39H39F3N2O8S. The molecule has 0 saturated carbocycles. The standard InChI is InChI=1S/C39H39F3N2O8S/c1-23-13-16-26(17-14-23)53(48,49)51-20-19-24-15-18-32-30(21-24)34(39(40,41)42)33(35(45)44(32)5)29-12-8-10-27-25(9-7-11-28(27)29)22-31(36(46)50-6)43-37(47)52-38(2,3)4/h7-18,21,31H,19-20,22H2,1-6H3,(H,43,47)/t31-/m0/s1. The Balaban J connectivity index is 1.58. The molecular weight excluding hydrogens is 713 g/mol. The number of halogens is 3. The number of alkyl halides is 3. The van der Waals surface area contributed by atoms with Gasteiger partial charge in [-0.25, -0.2) is 9.59 Å². The number of benzene rings is 4. The van der Waals surface area contributed by atoms with Crippen molar-refractivity contribution in [1.82, 2.24) is 9.88 Å². The number of methoxy groups -OCH3 is 1. The lowest BCUT2D eigenvalue weighted by Crippen LogP contribution is -2.45. The summed E-state index contributed by atoms with van der Waals surface area (Å²) in [5, 5.41) is 3.00. The minimum atomic E-state index is -4.99. The molecule has 4 aromatic carbocycles. The molecule has 53 heavy (non-hydrogen) atoms. The van der Waals surface area contributed by atoms with Crippen molar-refractivity contribution in [2.75, 3.05) is 13.7 Å². The maximum absolute atomic E-state index is 15.2. The SMILES string of the molecule is COC(=O)[C@H](Cc1cccc2c(-c3c(C(F)(F)F)c4cc(CCOS(=O)(=O)c5ccc(C)cc5)ccc4n(C)c3=O)cccc12)NC(=O)OC(C)(C)C. The van der Waals surface area contributed by atoms with E-state index in [4.69, 9.17) is 13.7 Å². The Morgan fingerprint density at radius 1 is 0.906 bits per heavy atom. The number of ether oxygens (including phenoxy) is 2. The van der Waals surface area contributed by atoms with E-state index in [1.807, 2.05) is 6.92 Å². The first-order chi connectivity index (χ1) is 24.8. The monoisotopic (exact) mass is 752 g/mol. The van der Waals surface area contributed by atoms with E-state index >= 15 is 13.2 Å². The first-order valence-corrected chi connectivity index (χ1v) is 18.0. The summed E-state index contributed by atoms with van der Waals surface area (Å²) in [5.41, 5.74) is -1.73. The van der Waals surface area contributed by atoms with Crippen LogP contribution in [-0.4, -0.2) is 50.4 Å². The van der Waals surface area contributed by atoms with Crippen molar-refractivity contribution in [1.29, 1.82) is 0 Å². The second-order valence-electron chi connectivity index (χ2n) is 13.5. The van der Waals surface area contributed by atoms with E-state index in [1.54, 1.807) is 57.2 Å². The number of fused-ring (bicyclic) bond motifs is 2. The van der Waals surface area contributed by atoms with Gasteiger partial charge in [0.15, 0.2) is 0 Å². The topological polar surface area (TPSA) is 130 Å². The Morgan fingerprint density at radius 3 is 2.21 bits per heavy atom. The number of nitrogens with one attached hydrogen (secondary N) is 1. The summed E-state index contributed by atoms with van der Waals surface area (Å²) in [6.07, 6.45) is -5.98. The molecule has 1 atom stereocenters. The van der Waals surface area contributed by atoms with Crippen molar-refractivity contribution in [3.63, 3.8) is 0 Å². The molecule has 0 aliphatic rings. The van der Waals surface area contributed by atoms with Gasteiger partial charge in [0.25, 0.3) is 15.7 Å². The van der Waals surface area contributed by atoms with Crippen molar-refractivity contribution in [2.24, 2.45) is 7.05 Å². The van der Waals surface area contributed by atoms with Crippen LogP contribution in [0.5, 0.6) is 0 Å². The Hall–Kier alpha value is -5.21. The van der Waals surface area contributed by atoms with Crippen LogP contribution in [-0.2, 0) is 54.6 Å². The molecule has 0 bridgehead atoms. The predicted molar refractivity (Wildman–Crippen MR) is 194 cm³/mol. The third kappa shape index (κ3) is 8.71. The molecule has 1 amide bonds. The average molecular weight is 753 g/mol. The third-order valence-corrected chi connectivity index (χ3v) is 9.89. The Kier molecular flexibility index (Phi) is 11.1. The quantitative estimate of drug-likeness (QED) is 0.117. The normalized spacial score (nSPS) is 12.8. The zero-order chi connectivity index (χ0) is 38.9. The lowest BCUT2D eigenvalue weighted by atomic mass is 9.90. The second-order valence-corrected chi connectivity index (χ2v) is 15.2. The van der Waals surface area contributed by atoms with Crippen molar-refractivity contribution in [2.45, 2.75) is 63.3 Å². The Labute approximate surface area is 304 Å². The number of alkyl carbamates (subject to hydrolysis) is 1. The van der Waals surface area contributed by atoms with Gasteiger partial charge in [0, 0.05) is 18.9 Å². The number of aryl methyl sites for hydroxylation is 2. The molecule has 280 valence electrons. The molecule has 5 rings (SSSR count). The van der Waals surface area contributed by atoms with Crippen LogP contribution in [0.15, 0.2) is 88.6 Å². The predicted octanol–water partition coefficient (Wildman–Crippen LogP) is 7.24. The molecule has 0 unspecified atom stereocenters. The van der Waals surface area contributed by atoms with Crippen molar-refractivity contribution in [3.8, 4) is 11.1 Å². The number of nitrogens with zero attached hydrogens (tertiary/aromatic N) is 1. The largest absolute Gasteiger partial charge is 0.467 e. The summed E-state index contributed by atoms with van der Waals surface area (Å²) in [6.45, 7) is 6.46. The number of amides is 1. The zero-order valence-electron chi connectivity index (χ0n) is 30.0. The molecule has 1 heterocycles. The highest BCUT2D eigenvalue weighted by Crippen LogP contribution is 2.42. The number of carbonyl (C=O) groups is 2. The number of carbonyl (C=O) groups excluding carboxylic acids is 2. The van der Waals surface area contributed by atoms with Crippen LogP contribution in [0.1, 0.15) is 43.0 Å². The summed E-state index contributed by atoms with van der Waals surface area (Å²) < 4.78 is 87.5. The Bertz CT molecular complexity index is 2360.